The Morgan fingerprint density at radius 3 is 2.81 bits per heavy atom. The summed E-state index contributed by atoms with van der Waals surface area (Å²) < 4.78 is 7.58. The SMILES string of the molecule is O=c1c2c(n(-c3ccc(Cl)cc3)c3ncccc13)OCC2. The lowest BCUT2D eigenvalue weighted by atomic mass is 10.1. The van der Waals surface area contributed by atoms with Crippen LogP contribution < -0.4 is 10.2 Å². The topological polar surface area (TPSA) is 44.1 Å². The number of ether oxygens (including phenoxy) is 1. The zero-order chi connectivity index (χ0) is 14.4. The van der Waals surface area contributed by atoms with E-state index in [0.29, 0.717) is 40.5 Å². The predicted octanol–water partition coefficient (Wildman–Crippen LogP) is 2.97. The van der Waals surface area contributed by atoms with Crippen molar-refractivity contribution in [2.45, 2.75) is 6.42 Å². The maximum Gasteiger partial charge on any atom is 0.207 e. The number of fused-ring (bicyclic) bond motifs is 2. The Morgan fingerprint density at radius 1 is 1.19 bits per heavy atom. The summed E-state index contributed by atoms with van der Waals surface area (Å²) in [7, 11) is 0. The van der Waals surface area contributed by atoms with Gasteiger partial charge in [-0.05, 0) is 36.4 Å². The smallest absolute Gasteiger partial charge is 0.207 e. The number of hydrogen-bond donors (Lipinski definition) is 0. The van der Waals surface area contributed by atoms with Crippen LogP contribution in [0.4, 0.5) is 0 Å². The van der Waals surface area contributed by atoms with Gasteiger partial charge in [0.15, 0.2) is 11.1 Å². The van der Waals surface area contributed by atoms with Crippen molar-refractivity contribution in [1.29, 1.82) is 0 Å². The molecule has 0 bridgehead atoms. The molecule has 0 fully saturated rings. The predicted molar refractivity (Wildman–Crippen MR) is 81.5 cm³/mol. The van der Waals surface area contributed by atoms with Crippen molar-refractivity contribution in [2.75, 3.05) is 6.61 Å². The Labute approximate surface area is 125 Å². The van der Waals surface area contributed by atoms with Crippen molar-refractivity contribution >= 4 is 22.6 Å². The van der Waals surface area contributed by atoms with E-state index >= 15 is 0 Å². The second-order valence-electron chi connectivity index (χ2n) is 4.90. The van der Waals surface area contributed by atoms with Crippen LogP contribution >= 0.6 is 11.6 Å². The zero-order valence-corrected chi connectivity index (χ0v) is 11.8. The molecular weight excluding hydrogens is 288 g/mol. The molecule has 0 N–H and O–H groups in total. The first-order chi connectivity index (χ1) is 10.3. The molecule has 3 heterocycles. The number of aromatic nitrogens is 2. The van der Waals surface area contributed by atoms with Gasteiger partial charge in [0.25, 0.3) is 0 Å². The molecule has 0 radical (unpaired) electrons. The number of rotatable bonds is 1. The molecule has 0 saturated carbocycles. The van der Waals surface area contributed by atoms with Gasteiger partial charge in [-0.15, -0.1) is 0 Å². The van der Waals surface area contributed by atoms with Crippen LogP contribution in [-0.4, -0.2) is 16.2 Å². The van der Waals surface area contributed by atoms with Crippen LogP contribution in [0.1, 0.15) is 5.56 Å². The van der Waals surface area contributed by atoms with Crippen molar-refractivity contribution < 1.29 is 4.74 Å². The molecule has 5 heteroatoms. The average Bonchev–Trinajstić information content (AvgIpc) is 2.99. The summed E-state index contributed by atoms with van der Waals surface area (Å²) in [5.74, 6) is 0.591. The van der Waals surface area contributed by atoms with Crippen molar-refractivity contribution in [1.82, 2.24) is 9.55 Å². The van der Waals surface area contributed by atoms with Crippen LogP contribution in [-0.2, 0) is 6.42 Å². The van der Waals surface area contributed by atoms with Crippen molar-refractivity contribution in [3.8, 4) is 11.6 Å². The van der Waals surface area contributed by atoms with E-state index in [9.17, 15) is 4.79 Å². The van der Waals surface area contributed by atoms with Crippen LogP contribution in [0.25, 0.3) is 16.7 Å². The maximum absolute atomic E-state index is 12.5. The number of hydrogen-bond acceptors (Lipinski definition) is 3. The quantitative estimate of drug-likeness (QED) is 0.694. The van der Waals surface area contributed by atoms with Gasteiger partial charge < -0.3 is 4.74 Å². The second kappa shape index (κ2) is 4.60. The molecule has 0 saturated heterocycles. The highest BCUT2D eigenvalue weighted by molar-refractivity contribution is 6.30. The maximum atomic E-state index is 12.5. The molecule has 0 unspecified atom stereocenters. The minimum absolute atomic E-state index is 0.0100. The highest BCUT2D eigenvalue weighted by atomic mass is 35.5. The van der Waals surface area contributed by atoms with E-state index in [0.717, 1.165) is 5.69 Å². The summed E-state index contributed by atoms with van der Waals surface area (Å²) in [5.41, 5.74) is 2.20. The molecule has 1 aromatic carbocycles. The van der Waals surface area contributed by atoms with E-state index in [-0.39, 0.29) is 5.43 Å². The fraction of sp³-hybridized carbons (Fsp3) is 0.125. The Bertz CT molecular complexity index is 901. The minimum Gasteiger partial charge on any atom is -0.478 e. The molecule has 0 aliphatic carbocycles. The second-order valence-corrected chi connectivity index (χ2v) is 5.33. The lowest BCUT2D eigenvalue weighted by molar-refractivity contribution is 0.338. The Kier molecular flexibility index (Phi) is 2.72. The van der Waals surface area contributed by atoms with Crippen LogP contribution in [0.3, 0.4) is 0 Å². The fourth-order valence-corrected chi connectivity index (χ4v) is 2.82. The molecule has 104 valence electrons. The third kappa shape index (κ3) is 1.83. The highest BCUT2D eigenvalue weighted by Gasteiger charge is 2.24. The minimum atomic E-state index is 0.0100. The van der Waals surface area contributed by atoms with Gasteiger partial charge in [0.05, 0.1) is 23.2 Å². The van der Waals surface area contributed by atoms with E-state index in [4.69, 9.17) is 16.3 Å². The van der Waals surface area contributed by atoms with Crippen LogP contribution in [0, 0.1) is 0 Å². The number of nitrogens with zero attached hydrogens (tertiary/aromatic N) is 2. The van der Waals surface area contributed by atoms with Gasteiger partial charge in [-0.1, -0.05) is 11.6 Å². The summed E-state index contributed by atoms with van der Waals surface area (Å²) in [5, 5.41) is 1.27. The number of benzene rings is 1. The molecule has 2 aromatic heterocycles. The first-order valence-corrected chi connectivity index (χ1v) is 7.05. The molecule has 3 aromatic rings. The number of pyridine rings is 2. The lowest BCUT2D eigenvalue weighted by Crippen LogP contribution is -2.14. The van der Waals surface area contributed by atoms with E-state index in [1.807, 2.05) is 28.8 Å². The summed E-state index contributed by atoms with van der Waals surface area (Å²) in [6.45, 7) is 0.522. The monoisotopic (exact) mass is 298 g/mol. The normalized spacial score (nSPS) is 13.2. The molecule has 1 aliphatic rings. The molecule has 0 atom stereocenters. The van der Waals surface area contributed by atoms with Gasteiger partial charge in [0, 0.05) is 17.6 Å². The van der Waals surface area contributed by atoms with Gasteiger partial charge in [-0.25, -0.2) is 4.98 Å². The Balaban J connectivity index is 2.15. The van der Waals surface area contributed by atoms with Gasteiger partial charge in [-0.3, -0.25) is 9.36 Å². The largest absolute Gasteiger partial charge is 0.478 e. The summed E-state index contributed by atoms with van der Waals surface area (Å²) in [6.07, 6.45) is 2.31. The molecule has 4 rings (SSSR count). The molecule has 1 aliphatic heterocycles. The molecule has 21 heavy (non-hydrogen) atoms. The zero-order valence-electron chi connectivity index (χ0n) is 11.0. The first-order valence-electron chi connectivity index (χ1n) is 6.67. The third-order valence-corrected chi connectivity index (χ3v) is 3.91. The van der Waals surface area contributed by atoms with Crippen LogP contribution in [0.2, 0.25) is 5.02 Å². The Hall–Kier alpha value is -2.33. The standard InChI is InChI=1S/C16H11ClN2O2/c17-10-3-5-11(6-4-10)19-15-12(2-1-8-18-15)14(20)13-7-9-21-16(13)19/h1-6,8H,7,9H2. The highest BCUT2D eigenvalue weighted by Crippen LogP contribution is 2.30. The van der Waals surface area contributed by atoms with E-state index in [1.165, 1.54) is 0 Å². The van der Waals surface area contributed by atoms with Gasteiger partial charge >= 0.3 is 0 Å². The third-order valence-electron chi connectivity index (χ3n) is 3.65. The number of halogens is 1. The Morgan fingerprint density at radius 2 is 2.00 bits per heavy atom. The van der Waals surface area contributed by atoms with Crippen molar-refractivity contribution in [3.63, 3.8) is 0 Å². The summed E-state index contributed by atoms with van der Waals surface area (Å²) in [4.78, 5) is 16.9. The fourth-order valence-electron chi connectivity index (χ4n) is 2.69. The van der Waals surface area contributed by atoms with Crippen LogP contribution in [0.5, 0.6) is 5.88 Å². The van der Waals surface area contributed by atoms with Gasteiger partial charge in [-0.2, -0.15) is 0 Å². The first kappa shape index (κ1) is 12.4. The average molecular weight is 299 g/mol. The molecule has 0 amide bonds. The van der Waals surface area contributed by atoms with Crippen LogP contribution in [0.15, 0.2) is 47.4 Å². The van der Waals surface area contributed by atoms with E-state index in [1.54, 1.807) is 18.3 Å². The van der Waals surface area contributed by atoms with Crippen molar-refractivity contribution in [3.05, 3.63) is 63.4 Å². The molecular formula is C16H11ClN2O2. The van der Waals surface area contributed by atoms with E-state index < -0.39 is 0 Å². The summed E-state index contributed by atoms with van der Waals surface area (Å²) >= 11 is 5.95. The summed E-state index contributed by atoms with van der Waals surface area (Å²) in [6, 6.07) is 11.0. The lowest BCUT2D eigenvalue weighted by Gasteiger charge is -2.14. The van der Waals surface area contributed by atoms with Crippen molar-refractivity contribution in [2.24, 2.45) is 0 Å². The van der Waals surface area contributed by atoms with Gasteiger partial charge in [0.1, 0.15) is 0 Å². The van der Waals surface area contributed by atoms with E-state index in [2.05, 4.69) is 4.98 Å². The molecule has 0 spiro atoms. The molecule has 4 nitrogen and oxygen atoms in total. The van der Waals surface area contributed by atoms with Gasteiger partial charge in [0.2, 0.25) is 5.88 Å².